The lowest BCUT2D eigenvalue weighted by molar-refractivity contribution is 0.0725. The average molecular weight is 410 g/mol. The molecule has 0 unspecified atom stereocenters. The molecule has 2 aromatic heterocycles. The van der Waals surface area contributed by atoms with Crippen molar-refractivity contribution < 1.29 is 13.2 Å². The number of azide groups is 1. The van der Waals surface area contributed by atoms with E-state index in [4.69, 9.17) is 21.9 Å². The molecule has 0 spiro atoms. The number of sulfone groups is 1. The van der Waals surface area contributed by atoms with Gasteiger partial charge in [0.25, 0.3) is 0 Å². The number of hydrogen-bond donors (Lipinski definition) is 0. The van der Waals surface area contributed by atoms with Crippen LogP contribution in [0.1, 0.15) is 32.3 Å². The molecule has 1 aliphatic rings. The Kier molecular flexibility index (Phi) is 5.20. The summed E-state index contributed by atoms with van der Waals surface area (Å²) in [6.07, 6.45) is 5.71. The summed E-state index contributed by atoms with van der Waals surface area (Å²) in [5.74, 6) is 0.710. The van der Waals surface area contributed by atoms with Crippen molar-refractivity contribution in [3.8, 4) is 5.88 Å². The lowest BCUT2D eigenvalue weighted by atomic mass is 9.84. The largest absolute Gasteiger partial charge is 0.474 e. The van der Waals surface area contributed by atoms with E-state index in [0.29, 0.717) is 29.3 Å². The molecule has 1 fully saturated rings. The quantitative estimate of drug-likeness (QED) is 0.309. The van der Waals surface area contributed by atoms with E-state index in [0.717, 1.165) is 10.9 Å². The van der Waals surface area contributed by atoms with Crippen LogP contribution in [0.5, 0.6) is 5.88 Å². The lowest BCUT2D eigenvalue weighted by Gasteiger charge is -2.34. The molecule has 144 valence electrons. The zero-order valence-electron chi connectivity index (χ0n) is 15.3. The van der Waals surface area contributed by atoms with Gasteiger partial charge in [-0.3, -0.25) is 0 Å². The highest BCUT2D eigenvalue weighted by atomic mass is 35.5. The Morgan fingerprint density at radius 1 is 1.33 bits per heavy atom. The van der Waals surface area contributed by atoms with Crippen LogP contribution in [0.3, 0.4) is 0 Å². The second kappa shape index (κ2) is 7.14. The maximum atomic E-state index is 11.4. The number of nitrogens with zero attached hydrogens (tertiary/aromatic N) is 5. The predicted octanol–water partition coefficient (Wildman–Crippen LogP) is 4.03. The molecule has 1 aliphatic carbocycles. The van der Waals surface area contributed by atoms with Crippen LogP contribution in [-0.2, 0) is 15.4 Å². The Hall–Kier alpha value is -2.09. The van der Waals surface area contributed by atoms with Crippen molar-refractivity contribution in [1.29, 1.82) is 0 Å². The van der Waals surface area contributed by atoms with Crippen molar-refractivity contribution in [2.45, 2.75) is 38.3 Å². The summed E-state index contributed by atoms with van der Waals surface area (Å²) >= 11 is 6.06. The van der Waals surface area contributed by atoms with E-state index in [1.165, 1.54) is 6.26 Å². The van der Waals surface area contributed by atoms with Gasteiger partial charge in [-0.1, -0.05) is 30.6 Å². The fourth-order valence-electron chi connectivity index (χ4n) is 3.33. The van der Waals surface area contributed by atoms with Gasteiger partial charge >= 0.3 is 0 Å². The maximum absolute atomic E-state index is 11.4. The van der Waals surface area contributed by atoms with Gasteiger partial charge in [0.1, 0.15) is 21.1 Å². The van der Waals surface area contributed by atoms with Crippen LogP contribution in [0, 0.1) is 5.92 Å². The zero-order valence-corrected chi connectivity index (χ0v) is 16.8. The van der Waals surface area contributed by atoms with Crippen LogP contribution in [0.15, 0.2) is 23.6 Å². The van der Waals surface area contributed by atoms with Crippen LogP contribution < -0.4 is 4.74 Å². The van der Waals surface area contributed by atoms with E-state index >= 15 is 0 Å². The normalized spacial score (nSPS) is 20.0. The maximum Gasteiger partial charge on any atom is 0.223 e. The number of fused-ring (bicyclic) bond motifs is 1. The third kappa shape index (κ3) is 4.43. The van der Waals surface area contributed by atoms with Gasteiger partial charge in [-0.2, -0.15) is 0 Å². The lowest BCUT2D eigenvalue weighted by Crippen LogP contribution is -2.37. The first-order chi connectivity index (χ1) is 12.6. The summed E-state index contributed by atoms with van der Waals surface area (Å²) in [6.45, 7) is 3.58. The Bertz CT molecular complexity index is 1030. The fraction of sp³-hybridized carbons (Fsp3) is 0.529. The van der Waals surface area contributed by atoms with Gasteiger partial charge < -0.3 is 4.74 Å². The highest BCUT2D eigenvalue weighted by molar-refractivity contribution is 7.90. The summed E-state index contributed by atoms with van der Waals surface area (Å²) in [4.78, 5) is 11.4. The summed E-state index contributed by atoms with van der Waals surface area (Å²) in [5, 5.41) is 5.59. The first-order valence-corrected chi connectivity index (χ1v) is 10.9. The second-order valence-electron chi connectivity index (χ2n) is 7.45. The third-order valence-electron chi connectivity index (χ3n) is 4.67. The summed E-state index contributed by atoms with van der Waals surface area (Å²) in [7, 11) is -2.98. The van der Waals surface area contributed by atoms with Crippen LogP contribution in [0.2, 0.25) is 5.15 Å². The number of halogens is 1. The summed E-state index contributed by atoms with van der Waals surface area (Å²) in [6, 6.07) is 1.70. The Labute approximate surface area is 162 Å². The molecule has 0 aliphatic heterocycles. The van der Waals surface area contributed by atoms with Gasteiger partial charge in [-0.25, -0.2) is 18.4 Å². The molecule has 2 heterocycles. The van der Waals surface area contributed by atoms with Crippen molar-refractivity contribution in [3.63, 3.8) is 0 Å². The van der Waals surface area contributed by atoms with E-state index in [-0.39, 0.29) is 17.8 Å². The molecular formula is C17H20ClN5O3S. The second-order valence-corrected chi connectivity index (χ2v) is 10.0. The van der Waals surface area contributed by atoms with Gasteiger partial charge in [0, 0.05) is 23.6 Å². The predicted molar refractivity (Wildman–Crippen MR) is 104 cm³/mol. The van der Waals surface area contributed by atoms with E-state index in [9.17, 15) is 8.42 Å². The molecule has 10 heteroatoms. The molecular weight excluding hydrogens is 390 g/mol. The van der Waals surface area contributed by atoms with Gasteiger partial charge in [-0.15, -0.1) is 0 Å². The molecule has 0 radical (unpaired) electrons. The van der Waals surface area contributed by atoms with Gasteiger partial charge in [0.15, 0.2) is 0 Å². The molecule has 3 rings (SSSR count). The summed E-state index contributed by atoms with van der Waals surface area (Å²) in [5.41, 5.74) is 8.74. The highest BCUT2D eigenvalue weighted by Gasteiger charge is 2.34. The van der Waals surface area contributed by atoms with Crippen molar-refractivity contribution >= 4 is 32.2 Å². The smallest absolute Gasteiger partial charge is 0.223 e. The molecule has 1 saturated carbocycles. The molecule has 0 amide bonds. The first-order valence-electron chi connectivity index (χ1n) is 8.44. The fourth-order valence-corrected chi connectivity index (χ4v) is 4.61. The van der Waals surface area contributed by atoms with Crippen LogP contribution >= 0.6 is 11.6 Å². The Morgan fingerprint density at radius 2 is 2.04 bits per heavy atom. The monoisotopic (exact) mass is 409 g/mol. The molecule has 0 atom stereocenters. The Morgan fingerprint density at radius 3 is 2.67 bits per heavy atom. The molecule has 27 heavy (non-hydrogen) atoms. The third-order valence-corrected chi connectivity index (χ3v) is 5.95. The van der Waals surface area contributed by atoms with Gasteiger partial charge in [0.05, 0.1) is 16.7 Å². The van der Waals surface area contributed by atoms with E-state index in [2.05, 4.69) is 20.0 Å². The van der Waals surface area contributed by atoms with Crippen molar-refractivity contribution in [2.24, 2.45) is 11.0 Å². The molecule has 2 aromatic rings. The number of aromatic nitrogens is 2. The molecule has 0 bridgehead atoms. The van der Waals surface area contributed by atoms with Crippen molar-refractivity contribution in [1.82, 2.24) is 9.97 Å². The Balaban J connectivity index is 1.89. The standard InChI is InChI=1S/C17H20ClN5O3S/c1-17(2,22-23-19)14-8-21-16(13-7-20-15(18)6-12(13)14)26-11-4-10(5-11)9-27(3,24)25/h6-8,10-11H,4-5,9H2,1-3H3. The minimum atomic E-state index is -2.98. The van der Waals surface area contributed by atoms with E-state index < -0.39 is 15.4 Å². The van der Waals surface area contributed by atoms with E-state index in [1.807, 2.05) is 0 Å². The van der Waals surface area contributed by atoms with Crippen molar-refractivity contribution in [2.75, 3.05) is 12.0 Å². The van der Waals surface area contributed by atoms with Crippen molar-refractivity contribution in [3.05, 3.63) is 39.6 Å². The SMILES string of the molecule is CC(C)(N=[N+]=[N-])c1cnc(OC2CC(CS(C)(=O)=O)C2)c2cnc(Cl)cc12. The van der Waals surface area contributed by atoms with Gasteiger partial charge in [0.2, 0.25) is 5.88 Å². The number of ether oxygens (including phenoxy) is 1. The van der Waals surface area contributed by atoms with Crippen LogP contribution in [0.4, 0.5) is 0 Å². The molecule has 0 N–H and O–H groups in total. The molecule has 8 nitrogen and oxygen atoms in total. The summed E-state index contributed by atoms with van der Waals surface area (Å²) < 4.78 is 28.7. The zero-order chi connectivity index (χ0) is 19.8. The first kappa shape index (κ1) is 19.7. The topological polar surface area (TPSA) is 118 Å². The highest BCUT2D eigenvalue weighted by Crippen LogP contribution is 2.38. The molecule has 0 saturated heterocycles. The number of rotatable bonds is 6. The van der Waals surface area contributed by atoms with Gasteiger partial charge in [-0.05, 0) is 41.3 Å². The average Bonchev–Trinajstić information content (AvgIpc) is 2.51. The minimum Gasteiger partial charge on any atom is -0.474 e. The molecule has 0 aromatic carbocycles. The minimum absolute atomic E-state index is 0.0842. The van der Waals surface area contributed by atoms with Crippen LogP contribution in [0.25, 0.3) is 21.2 Å². The number of pyridine rings is 2. The number of hydrogen-bond acceptors (Lipinski definition) is 6. The van der Waals surface area contributed by atoms with E-state index in [1.54, 1.807) is 32.3 Å². The van der Waals surface area contributed by atoms with Crippen LogP contribution in [-0.4, -0.2) is 36.5 Å².